The molecule has 12 heteroatoms. The summed E-state index contributed by atoms with van der Waals surface area (Å²) >= 11 is 7.47. The van der Waals surface area contributed by atoms with Crippen molar-refractivity contribution < 1.29 is 18.7 Å². The van der Waals surface area contributed by atoms with Crippen molar-refractivity contribution in [2.45, 2.75) is 12.0 Å². The van der Waals surface area contributed by atoms with Crippen molar-refractivity contribution in [3.63, 3.8) is 0 Å². The van der Waals surface area contributed by atoms with Crippen molar-refractivity contribution in [1.82, 2.24) is 15.0 Å². The topological polar surface area (TPSA) is 125 Å². The summed E-state index contributed by atoms with van der Waals surface area (Å²) in [6.45, 7) is 0. The number of nitrogens with one attached hydrogen (secondary N) is 1. The first-order valence-electron chi connectivity index (χ1n) is 9.74. The van der Waals surface area contributed by atoms with Gasteiger partial charge in [0.05, 0.1) is 19.5 Å². The fourth-order valence-electron chi connectivity index (χ4n) is 3.86. The molecule has 3 N–H and O–H groups in total. The number of ether oxygens (including phenoxy) is 2. The number of hydrogen-bond acceptors (Lipinski definition) is 9. The number of benzene rings is 1. The number of methoxy groups -OCH3 is 1. The number of fused-ring (bicyclic) bond motifs is 4. The molecule has 2 aromatic heterocycles. The molecule has 9 nitrogen and oxygen atoms in total. The zero-order chi connectivity index (χ0) is 23.2. The molecular weight excluding hydrogens is 471 g/mol. The third-order valence-corrected chi connectivity index (χ3v) is 6.31. The van der Waals surface area contributed by atoms with Crippen LogP contribution in [-0.2, 0) is 5.54 Å². The first-order valence-corrected chi connectivity index (χ1v) is 11.1. The van der Waals surface area contributed by atoms with Crippen molar-refractivity contribution in [2.24, 2.45) is 10.7 Å². The molecule has 0 radical (unpaired) electrons. The van der Waals surface area contributed by atoms with E-state index in [1.54, 1.807) is 18.2 Å². The highest BCUT2D eigenvalue weighted by atomic mass is 35.5. The van der Waals surface area contributed by atoms with E-state index in [1.807, 2.05) is 0 Å². The average molecular weight is 487 g/mol. The Morgan fingerprint density at radius 1 is 1.30 bits per heavy atom. The first kappa shape index (κ1) is 21.4. The molecule has 1 aromatic carbocycles. The Labute approximate surface area is 196 Å². The molecule has 0 unspecified atom stereocenters. The van der Waals surface area contributed by atoms with Gasteiger partial charge in [0.1, 0.15) is 22.1 Å². The van der Waals surface area contributed by atoms with Crippen LogP contribution >= 0.6 is 23.4 Å². The van der Waals surface area contributed by atoms with Gasteiger partial charge in [0, 0.05) is 22.6 Å². The fourth-order valence-corrected chi connectivity index (χ4v) is 4.87. The smallest absolute Gasteiger partial charge is 0.275 e. The van der Waals surface area contributed by atoms with Crippen LogP contribution in [0.4, 0.5) is 10.1 Å². The van der Waals surface area contributed by atoms with Crippen LogP contribution in [0.15, 0.2) is 41.7 Å². The number of hydrogen-bond donors (Lipinski definition) is 2. The molecule has 4 heterocycles. The number of anilines is 1. The summed E-state index contributed by atoms with van der Waals surface area (Å²) in [5, 5.41) is 3.13. The third-order valence-electron chi connectivity index (χ3n) is 5.33. The van der Waals surface area contributed by atoms with Crippen molar-refractivity contribution in [3.05, 3.63) is 64.6 Å². The van der Waals surface area contributed by atoms with Crippen LogP contribution in [-0.4, -0.2) is 38.9 Å². The highest BCUT2D eigenvalue weighted by molar-refractivity contribution is 8.13. The molecule has 0 saturated heterocycles. The van der Waals surface area contributed by atoms with Gasteiger partial charge in [0.15, 0.2) is 10.9 Å². The molecule has 168 valence electrons. The van der Waals surface area contributed by atoms with Crippen LogP contribution in [0.2, 0.25) is 5.15 Å². The largest absolute Gasteiger partial charge is 0.480 e. The van der Waals surface area contributed by atoms with E-state index in [9.17, 15) is 9.18 Å². The van der Waals surface area contributed by atoms with E-state index < -0.39 is 17.4 Å². The van der Waals surface area contributed by atoms with E-state index in [1.165, 1.54) is 37.3 Å². The Balaban J connectivity index is 1.57. The number of amides is 1. The number of nitrogens with two attached hydrogens (primary N) is 1. The summed E-state index contributed by atoms with van der Waals surface area (Å²) in [7, 11) is 1.46. The van der Waals surface area contributed by atoms with Crippen LogP contribution in [0.5, 0.6) is 17.4 Å². The van der Waals surface area contributed by atoms with Crippen LogP contribution in [0, 0.1) is 5.95 Å². The number of amidine groups is 1. The molecule has 0 fully saturated rings. The summed E-state index contributed by atoms with van der Waals surface area (Å²) in [4.78, 5) is 29.1. The second-order valence-corrected chi connectivity index (χ2v) is 8.73. The minimum atomic E-state index is -1.04. The van der Waals surface area contributed by atoms with E-state index in [0.29, 0.717) is 45.8 Å². The Morgan fingerprint density at radius 2 is 2.15 bits per heavy atom. The predicted molar refractivity (Wildman–Crippen MR) is 122 cm³/mol. The summed E-state index contributed by atoms with van der Waals surface area (Å²) in [5.41, 5.74) is 6.68. The minimum absolute atomic E-state index is 0.0211. The molecule has 0 bridgehead atoms. The van der Waals surface area contributed by atoms with Crippen molar-refractivity contribution >= 4 is 40.1 Å². The SMILES string of the molecule is COc1cnc(C(=O)Nc2ccc3c(c2)[C@]2(CCSC(N)=N2)c2cc(Cl)nc(F)c2O3)cn1. The number of nitrogens with zero attached hydrogens (tertiary/aromatic N) is 4. The highest BCUT2D eigenvalue weighted by Gasteiger charge is 2.45. The fraction of sp³-hybridized carbons (Fsp3) is 0.190. The standard InChI is InChI=1S/C21H16ClFN6O3S/c1-31-16-9-25-13(8-26-16)19(30)27-10-2-3-14-11(6-10)21(4-5-33-20(24)29-21)12-7-15(22)28-18(23)17(12)32-14/h2-3,6-9H,4-5H2,1H3,(H2,24,29)(H,27,30)/t21-/m1/s1. The number of aromatic nitrogens is 3. The molecule has 1 atom stereocenters. The highest BCUT2D eigenvalue weighted by Crippen LogP contribution is 2.54. The van der Waals surface area contributed by atoms with Crippen molar-refractivity contribution in [2.75, 3.05) is 18.2 Å². The van der Waals surface area contributed by atoms with Gasteiger partial charge in [-0.25, -0.2) is 19.9 Å². The van der Waals surface area contributed by atoms with Crippen LogP contribution < -0.4 is 20.5 Å². The third kappa shape index (κ3) is 3.72. The average Bonchev–Trinajstić information content (AvgIpc) is 2.80. The normalized spacial score (nSPS) is 18.6. The van der Waals surface area contributed by atoms with Crippen LogP contribution in [0.3, 0.4) is 0 Å². The molecule has 33 heavy (non-hydrogen) atoms. The number of thioether (sulfide) groups is 1. The van der Waals surface area contributed by atoms with E-state index in [2.05, 4.69) is 20.3 Å². The van der Waals surface area contributed by atoms with E-state index in [-0.39, 0.29) is 16.6 Å². The van der Waals surface area contributed by atoms with Gasteiger partial charge in [-0.2, -0.15) is 4.39 Å². The molecule has 2 aliphatic rings. The van der Waals surface area contributed by atoms with Crippen LogP contribution in [0.25, 0.3) is 0 Å². The van der Waals surface area contributed by atoms with E-state index in [4.69, 9.17) is 31.8 Å². The van der Waals surface area contributed by atoms with Crippen molar-refractivity contribution in [1.29, 1.82) is 0 Å². The maximum absolute atomic E-state index is 14.7. The van der Waals surface area contributed by atoms with Gasteiger partial charge in [-0.15, -0.1) is 0 Å². The number of aliphatic imine (C=N–C) groups is 1. The zero-order valence-corrected chi connectivity index (χ0v) is 18.7. The van der Waals surface area contributed by atoms with Gasteiger partial charge >= 0.3 is 0 Å². The number of carbonyl (C=O) groups excluding carboxylic acids is 1. The second kappa shape index (κ2) is 8.16. The Morgan fingerprint density at radius 3 is 2.88 bits per heavy atom. The zero-order valence-electron chi connectivity index (χ0n) is 17.1. The molecule has 1 spiro atoms. The van der Waals surface area contributed by atoms with E-state index in [0.717, 1.165) is 0 Å². The molecule has 5 rings (SSSR count). The molecule has 0 saturated carbocycles. The van der Waals surface area contributed by atoms with Crippen LogP contribution in [0.1, 0.15) is 28.0 Å². The van der Waals surface area contributed by atoms with Gasteiger partial charge in [-0.3, -0.25) is 4.79 Å². The number of pyridine rings is 1. The van der Waals surface area contributed by atoms with Gasteiger partial charge in [0.25, 0.3) is 11.9 Å². The Bertz CT molecular complexity index is 1310. The van der Waals surface area contributed by atoms with Gasteiger partial charge in [-0.1, -0.05) is 23.4 Å². The lowest BCUT2D eigenvalue weighted by molar-refractivity contribution is 0.102. The Kier molecular flexibility index (Phi) is 5.29. The molecule has 1 amide bonds. The summed E-state index contributed by atoms with van der Waals surface area (Å²) in [5.74, 6) is -0.00364. The Hall–Kier alpha value is -3.44. The lowest BCUT2D eigenvalue weighted by Gasteiger charge is -2.39. The molecular formula is C21H16ClFN6O3S. The molecule has 3 aromatic rings. The second-order valence-electron chi connectivity index (χ2n) is 7.23. The molecule has 0 aliphatic carbocycles. The lowest BCUT2D eigenvalue weighted by atomic mass is 9.78. The number of rotatable bonds is 3. The monoisotopic (exact) mass is 486 g/mol. The van der Waals surface area contributed by atoms with Crippen molar-refractivity contribution in [3.8, 4) is 17.4 Å². The van der Waals surface area contributed by atoms with Gasteiger partial charge in [0.2, 0.25) is 5.88 Å². The van der Waals surface area contributed by atoms with Gasteiger partial charge < -0.3 is 20.5 Å². The summed E-state index contributed by atoms with van der Waals surface area (Å²) < 4.78 is 25.5. The first-order chi connectivity index (χ1) is 15.9. The molecule has 2 aliphatic heterocycles. The minimum Gasteiger partial charge on any atom is -0.480 e. The van der Waals surface area contributed by atoms with Gasteiger partial charge in [-0.05, 0) is 30.7 Å². The summed E-state index contributed by atoms with van der Waals surface area (Å²) in [6.07, 6.45) is 3.18. The maximum atomic E-state index is 14.7. The number of halogens is 2. The number of carbonyl (C=O) groups is 1. The van der Waals surface area contributed by atoms with E-state index >= 15 is 0 Å². The maximum Gasteiger partial charge on any atom is 0.275 e. The lowest BCUT2D eigenvalue weighted by Crippen LogP contribution is -2.36. The predicted octanol–water partition coefficient (Wildman–Crippen LogP) is 3.73. The quantitative estimate of drug-likeness (QED) is 0.536. The summed E-state index contributed by atoms with van der Waals surface area (Å²) in [6, 6.07) is 6.54.